The maximum Gasteiger partial charge on any atom is 0.394 e. The Bertz CT molecular complexity index is 1170. The molecule has 0 aliphatic rings. The zero-order valence-corrected chi connectivity index (χ0v) is 22.5. The van der Waals surface area contributed by atoms with Crippen molar-refractivity contribution in [1.82, 2.24) is 9.30 Å². The van der Waals surface area contributed by atoms with Gasteiger partial charge in [-0.15, -0.1) is 0 Å². The van der Waals surface area contributed by atoms with Gasteiger partial charge in [-0.25, -0.2) is 0 Å². The molecule has 3 rings (SSSR count). The van der Waals surface area contributed by atoms with Crippen LogP contribution >= 0.6 is 0 Å². The van der Waals surface area contributed by atoms with Crippen molar-refractivity contribution in [1.29, 1.82) is 0 Å². The molecule has 7 nitrogen and oxygen atoms in total. The van der Waals surface area contributed by atoms with Crippen molar-refractivity contribution < 1.29 is 22.3 Å². The number of aryl methyl sites for hydroxylation is 2. The van der Waals surface area contributed by atoms with Crippen molar-refractivity contribution in [3.63, 3.8) is 0 Å². The molecule has 0 amide bonds. The normalized spacial score (nSPS) is 11.5. The molecule has 0 bridgehead atoms. The first-order chi connectivity index (χ1) is 17.2. The maximum atomic E-state index is 13.4. The van der Waals surface area contributed by atoms with E-state index in [9.17, 15) is 4.79 Å². The Morgan fingerprint density at radius 2 is 1.50 bits per heavy atom. The molecule has 36 heavy (non-hydrogen) atoms. The van der Waals surface area contributed by atoms with Crippen LogP contribution in [0, 0.1) is 0 Å². The number of hydrogen-bond donors (Lipinski definition) is 2. The molecule has 2 N–H and O–H groups in total. The predicted molar refractivity (Wildman–Crippen MR) is 145 cm³/mol. The second-order valence-corrected chi connectivity index (χ2v) is 9.93. The molecule has 8 heteroatoms. The van der Waals surface area contributed by atoms with Crippen molar-refractivity contribution in [3.05, 3.63) is 77.1 Å². The average molecular weight is 517 g/mol. The molecule has 0 unspecified atom stereocenters. The molecule has 0 radical (unpaired) electrons. The second-order valence-electron chi connectivity index (χ2n) is 9.04. The number of pyridine rings is 1. The summed E-state index contributed by atoms with van der Waals surface area (Å²) in [6.07, 6.45) is 9.84. The highest BCUT2D eigenvalue weighted by molar-refractivity contribution is 7.79. The van der Waals surface area contributed by atoms with Gasteiger partial charge in [0.05, 0.1) is 5.69 Å². The van der Waals surface area contributed by atoms with Gasteiger partial charge in [-0.1, -0.05) is 57.5 Å². The Morgan fingerprint density at radius 1 is 0.861 bits per heavy atom. The van der Waals surface area contributed by atoms with Gasteiger partial charge in [-0.2, -0.15) is 8.42 Å². The van der Waals surface area contributed by atoms with Gasteiger partial charge < -0.3 is 9.30 Å². The number of fused-ring (bicyclic) bond motifs is 1. The first kappa shape index (κ1) is 29.7. The molecule has 2 heterocycles. The van der Waals surface area contributed by atoms with Crippen LogP contribution in [-0.2, 0) is 23.2 Å². The average Bonchev–Trinajstić information content (AvgIpc) is 3.20. The molecule has 0 aliphatic heterocycles. The van der Waals surface area contributed by atoms with Crippen LogP contribution in [0.25, 0.3) is 5.52 Å². The van der Waals surface area contributed by atoms with Gasteiger partial charge in [0.25, 0.3) is 0 Å². The van der Waals surface area contributed by atoms with Crippen molar-refractivity contribution >= 4 is 21.7 Å². The summed E-state index contributed by atoms with van der Waals surface area (Å²) in [5.41, 5.74) is 5.18. The topological polar surface area (TPSA) is 99.3 Å². The summed E-state index contributed by atoms with van der Waals surface area (Å²) in [5.74, 6) is 0.126. The number of unbranched alkanes of at least 4 members (excludes halogenated alkanes) is 1. The molecule has 0 atom stereocenters. The van der Waals surface area contributed by atoms with Crippen LogP contribution < -0.4 is 0 Å². The second kappa shape index (κ2) is 14.9. The van der Waals surface area contributed by atoms with E-state index in [0.717, 1.165) is 61.0 Å². The summed E-state index contributed by atoms with van der Waals surface area (Å²) in [5, 5.41) is 0. The van der Waals surface area contributed by atoms with Crippen molar-refractivity contribution in [2.45, 2.75) is 65.7 Å². The van der Waals surface area contributed by atoms with Crippen LogP contribution in [0.2, 0.25) is 0 Å². The van der Waals surface area contributed by atoms with Crippen LogP contribution in [0.4, 0.5) is 0 Å². The summed E-state index contributed by atoms with van der Waals surface area (Å²) >= 11 is 0. The van der Waals surface area contributed by atoms with Gasteiger partial charge in [0.15, 0.2) is 0 Å². The van der Waals surface area contributed by atoms with Crippen molar-refractivity contribution in [3.8, 4) is 0 Å². The number of carbonyl (C=O) groups is 1. The number of hydrogen-bond acceptors (Lipinski definition) is 4. The highest BCUT2D eigenvalue weighted by Crippen LogP contribution is 2.22. The number of aromatic nitrogens is 1. The summed E-state index contributed by atoms with van der Waals surface area (Å²) in [6, 6.07) is 16.6. The molecule has 2 aromatic heterocycles. The fourth-order valence-corrected chi connectivity index (χ4v) is 4.43. The fraction of sp³-hybridized carbons (Fsp3) is 0.464. The smallest absolute Gasteiger partial charge is 0.313 e. The lowest BCUT2D eigenvalue weighted by Crippen LogP contribution is -2.26. The van der Waals surface area contributed by atoms with E-state index in [1.54, 1.807) is 0 Å². The van der Waals surface area contributed by atoms with E-state index >= 15 is 0 Å². The van der Waals surface area contributed by atoms with Crippen LogP contribution in [-0.4, -0.2) is 52.2 Å². The van der Waals surface area contributed by atoms with Gasteiger partial charge in [-0.05, 0) is 87.5 Å². The van der Waals surface area contributed by atoms with E-state index in [0.29, 0.717) is 0 Å². The number of nitrogens with zero attached hydrogens (tertiary/aromatic N) is 2. The SMILES string of the molecule is CCCCc1cc2ccccn2c1C(=O)c1ccc(CCCN(CCC)CCC)cc1.O=S(=O)(O)O. The Hall–Kier alpha value is -2.52. The van der Waals surface area contributed by atoms with Gasteiger partial charge in [0.1, 0.15) is 0 Å². The maximum absolute atomic E-state index is 13.4. The molecular formula is C28H40N2O5S. The largest absolute Gasteiger partial charge is 0.394 e. The quantitative estimate of drug-likeness (QED) is 0.216. The molecule has 3 aromatic rings. The van der Waals surface area contributed by atoms with Gasteiger partial charge in [0, 0.05) is 17.3 Å². The summed E-state index contributed by atoms with van der Waals surface area (Å²) < 4.78 is 33.6. The molecule has 1 aromatic carbocycles. The fourth-order valence-electron chi connectivity index (χ4n) is 4.43. The van der Waals surface area contributed by atoms with Gasteiger partial charge in [0.2, 0.25) is 5.78 Å². The first-order valence-electron chi connectivity index (χ1n) is 12.8. The van der Waals surface area contributed by atoms with E-state index in [1.807, 2.05) is 30.5 Å². The first-order valence-corrected chi connectivity index (χ1v) is 14.2. The number of benzene rings is 1. The zero-order valence-electron chi connectivity index (χ0n) is 21.7. The highest BCUT2D eigenvalue weighted by Gasteiger charge is 2.18. The number of carbonyl (C=O) groups excluding carboxylic acids is 1. The zero-order chi connectivity index (χ0) is 26.6. The van der Waals surface area contributed by atoms with Gasteiger partial charge >= 0.3 is 10.4 Å². The Kier molecular flexibility index (Phi) is 12.3. The third kappa shape index (κ3) is 9.85. The summed E-state index contributed by atoms with van der Waals surface area (Å²) in [6.45, 7) is 10.2. The van der Waals surface area contributed by atoms with Crippen LogP contribution in [0.3, 0.4) is 0 Å². The summed E-state index contributed by atoms with van der Waals surface area (Å²) in [7, 11) is -4.67. The monoisotopic (exact) mass is 516 g/mol. The van der Waals surface area contributed by atoms with Crippen LogP contribution in [0.15, 0.2) is 54.7 Å². The Morgan fingerprint density at radius 3 is 2.08 bits per heavy atom. The molecule has 0 fully saturated rings. The minimum absolute atomic E-state index is 0.126. The van der Waals surface area contributed by atoms with E-state index < -0.39 is 10.4 Å². The lowest BCUT2D eigenvalue weighted by Gasteiger charge is -2.20. The molecule has 0 saturated carbocycles. The van der Waals surface area contributed by atoms with E-state index in [2.05, 4.69) is 54.3 Å². The van der Waals surface area contributed by atoms with E-state index in [-0.39, 0.29) is 5.78 Å². The molecule has 0 spiro atoms. The third-order valence-corrected chi connectivity index (χ3v) is 6.01. The van der Waals surface area contributed by atoms with Crippen LogP contribution in [0.1, 0.15) is 80.1 Å². The van der Waals surface area contributed by atoms with E-state index in [1.165, 1.54) is 31.5 Å². The van der Waals surface area contributed by atoms with Crippen molar-refractivity contribution in [2.75, 3.05) is 19.6 Å². The lowest BCUT2D eigenvalue weighted by atomic mass is 10.00. The van der Waals surface area contributed by atoms with Gasteiger partial charge in [-0.3, -0.25) is 13.9 Å². The minimum atomic E-state index is -4.67. The molecular weight excluding hydrogens is 476 g/mol. The Labute approximate surface area is 215 Å². The molecule has 0 saturated heterocycles. The minimum Gasteiger partial charge on any atom is -0.313 e. The predicted octanol–water partition coefficient (Wildman–Crippen LogP) is 5.91. The third-order valence-electron chi connectivity index (χ3n) is 6.01. The standard InChI is InChI=1S/C28H38N2O.H2O4S/c1-4-7-12-25-22-26-13-8-9-21-30(26)27(25)28(31)24-16-14-23(15-17-24)11-10-20-29(18-5-2)19-6-3;1-5(2,3)4/h8-9,13-17,21-22H,4-7,10-12,18-20H2,1-3H3;(H2,1,2,3,4). The van der Waals surface area contributed by atoms with Crippen molar-refractivity contribution in [2.24, 2.45) is 0 Å². The number of ketones is 1. The summed E-state index contributed by atoms with van der Waals surface area (Å²) in [4.78, 5) is 16.0. The molecule has 0 aliphatic carbocycles. The lowest BCUT2D eigenvalue weighted by molar-refractivity contribution is 0.103. The number of rotatable bonds is 13. The highest BCUT2D eigenvalue weighted by atomic mass is 32.3. The molecule has 198 valence electrons. The van der Waals surface area contributed by atoms with E-state index in [4.69, 9.17) is 17.5 Å². The van der Waals surface area contributed by atoms with Crippen LogP contribution in [0.5, 0.6) is 0 Å². The Balaban J connectivity index is 0.000000830.